The van der Waals surface area contributed by atoms with Crippen molar-refractivity contribution < 1.29 is 14.2 Å². The Labute approximate surface area is 89.7 Å². The minimum absolute atomic E-state index is 0.356. The van der Waals surface area contributed by atoms with Gasteiger partial charge in [-0.25, -0.2) is 4.39 Å². The molecule has 0 heterocycles. The Bertz CT molecular complexity index is 332. The summed E-state index contributed by atoms with van der Waals surface area (Å²) >= 11 is 0. The molecule has 0 spiro atoms. The molecule has 0 fully saturated rings. The first-order chi connectivity index (χ1) is 7.07. The van der Waals surface area contributed by atoms with E-state index in [0.717, 1.165) is 0 Å². The first kappa shape index (κ1) is 12.0. The number of halogens is 1. The van der Waals surface area contributed by atoms with Gasteiger partial charge in [-0.1, -0.05) is 13.8 Å². The molecule has 0 aliphatic heterocycles. The van der Waals surface area contributed by atoms with Crippen LogP contribution in [0.15, 0.2) is 18.2 Å². The van der Waals surface area contributed by atoms with E-state index in [0.29, 0.717) is 24.2 Å². The SMILES string of the molecule is CCC(O)(CC)c1ccc(F)cc1OC. The molecule has 0 atom stereocenters. The molecule has 0 amide bonds. The molecule has 15 heavy (non-hydrogen) atoms. The Morgan fingerprint density at radius 2 is 1.93 bits per heavy atom. The van der Waals surface area contributed by atoms with Crippen LogP contribution in [0.25, 0.3) is 0 Å². The van der Waals surface area contributed by atoms with E-state index in [-0.39, 0.29) is 5.82 Å². The van der Waals surface area contributed by atoms with Crippen molar-refractivity contribution in [2.75, 3.05) is 7.11 Å². The van der Waals surface area contributed by atoms with Gasteiger partial charge in [0.2, 0.25) is 0 Å². The summed E-state index contributed by atoms with van der Waals surface area (Å²) < 4.78 is 18.0. The molecule has 0 aliphatic carbocycles. The van der Waals surface area contributed by atoms with Gasteiger partial charge in [0.25, 0.3) is 0 Å². The zero-order valence-electron chi connectivity index (χ0n) is 9.38. The lowest BCUT2D eigenvalue weighted by Crippen LogP contribution is -2.24. The van der Waals surface area contributed by atoms with Crippen molar-refractivity contribution in [1.82, 2.24) is 0 Å². The monoisotopic (exact) mass is 212 g/mol. The van der Waals surface area contributed by atoms with Gasteiger partial charge in [0, 0.05) is 11.6 Å². The number of aliphatic hydroxyl groups is 1. The predicted molar refractivity (Wildman–Crippen MR) is 57.4 cm³/mol. The molecule has 1 aromatic carbocycles. The second kappa shape index (κ2) is 4.62. The van der Waals surface area contributed by atoms with E-state index in [4.69, 9.17) is 4.74 Å². The summed E-state index contributed by atoms with van der Waals surface area (Å²) in [5.74, 6) is 0.0476. The highest BCUT2D eigenvalue weighted by Crippen LogP contribution is 2.35. The van der Waals surface area contributed by atoms with E-state index >= 15 is 0 Å². The maximum Gasteiger partial charge on any atom is 0.127 e. The van der Waals surface area contributed by atoms with Crippen LogP contribution < -0.4 is 4.74 Å². The van der Waals surface area contributed by atoms with Crippen molar-refractivity contribution in [1.29, 1.82) is 0 Å². The summed E-state index contributed by atoms with van der Waals surface area (Å²) in [5.41, 5.74) is -0.282. The Morgan fingerprint density at radius 1 is 1.33 bits per heavy atom. The molecule has 84 valence electrons. The fourth-order valence-electron chi connectivity index (χ4n) is 1.68. The van der Waals surface area contributed by atoms with Gasteiger partial charge in [-0.05, 0) is 25.0 Å². The second-order valence-corrected chi connectivity index (χ2v) is 3.58. The van der Waals surface area contributed by atoms with Crippen LogP contribution in [0.1, 0.15) is 32.3 Å². The van der Waals surface area contributed by atoms with E-state index in [1.807, 2.05) is 13.8 Å². The number of benzene rings is 1. The molecule has 0 aliphatic rings. The van der Waals surface area contributed by atoms with Crippen LogP contribution in [-0.2, 0) is 5.60 Å². The number of rotatable bonds is 4. The molecule has 3 heteroatoms. The van der Waals surface area contributed by atoms with Crippen molar-refractivity contribution >= 4 is 0 Å². The highest BCUT2D eigenvalue weighted by molar-refractivity contribution is 5.38. The molecule has 0 aromatic heterocycles. The van der Waals surface area contributed by atoms with E-state index < -0.39 is 5.60 Å². The first-order valence-electron chi connectivity index (χ1n) is 5.13. The zero-order valence-corrected chi connectivity index (χ0v) is 9.38. The van der Waals surface area contributed by atoms with Gasteiger partial charge < -0.3 is 9.84 Å². The first-order valence-corrected chi connectivity index (χ1v) is 5.13. The topological polar surface area (TPSA) is 29.5 Å². The number of hydrogen-bond donors (Lipinski definition) is 1. The van der Waals surface area contributed by atoms with Crippen molar-refractivity contribution in [2.24, 2.45) is 0 Å². The highest BCUT2D eigenvalue weighted by Gasteiger charge is 2.28. The normalized spacial score (nSPS) is 11.5. The van der Waals surface area contributed by atoms with Crippen LogP contribution in [0.4, 0.5) is 4.39 Å². The standard InChI is InChI=1S/C12H17FO2/c1-4-12(14,5-2)10-7-6-9(13)8-11(10)15-3/h6-8,14H,4-5H2,1-3H3. The van der Waals surface area contributed by atoms with Gasteiger partial charge in [0.05, 0.1) is 12.7 Å². The molecule has 0 saturated heterocycles. The zero-order chi connectivity index (χ0) is 11.5. The fourth-order valence-corrected chi connectivity index (χ4v) is 1.68. The average molecular weight is 212 g/mol. The summed E-state index contributed by atoms with van der Waals surface area (Å²) in [5, 5.41) is 10.3. The van der Waals surface area contributed by atoms with Crippen molar-refractivity contribution in [3.05, 3.63) is 29.6 Å². The van der Waals surface area contributed by atoms with Crippen LogP contribution in [-0.4, -0.2) is 12.2 Å². The maximum atomic E-state index is 13.0. The summed E-state index contributed by atoms with van der Waals surface area (Å²) in [4.78, 5) is 0. The number of hydrogen-bond acceptors (Lipinski definition) is 2. The predicted octanol–water partition coefficient (Wildman–Crippen LogP) is 2.84. The quantitative estimate of drug-likeness (QED) is 0.831. The molecule has 1 rings (SSSR count). The van der Waals surface area contributed by atoms with Crippen molar-refractivity contribution in [3.63, 3.8) is 0 Å². The molecular weight excluding hydrogens is 195 g/mol. The Hall–Kier alpha value is -1.09. The maximum absolute atomic E-state index is 13.0. The van der Waals surface area contributed by atoms with E-state index in [2.05, 4.69) is 0 Å². The Kier molecular flexibility index (Phi) is 3.69. The third kappa shape index (κ3) is 2.29. The summed E-state index contributed by atoms with van der Waals surface area (Å²) in [7, 11) is 1.48. The number of methoxy groups -OCH3 is 1. The minimum atomic E-state index is -0.932. The molecule has 0 radical (unpaired) electrons. The Balaban J connectivity index is 3.23. The lowest BCUT2D eigenvalue weighted by Gasteiger charge is -2.27. The van der Waals surface area contributed by atoms with Gasteiger partial charge in [-0.2, -0.15) is 0 Å². The third-order valence-corrected chi connectivity index (χ3v) is 2.83. The van der Waals surface area contributed by atoms with Crippen LogP contribution in [0.2, 0.25) is 0 Å². The van der Waals surface area contributed by atoms with Gasteiger partial charge in [0.15, 0.2) is 0 Å². The fraction of sp³-hybridized carbons (Fsp3) is 0.500. The molecule has 0 saturated carbocycles. The molecule has 0 bridgehead atoms. The molecule has 1 aromatic rings. The van der Waals surface area contributed by atoms with E-state index in [1.54, 1.807) is 6.07 Å². The van der Waals surface area contributed by atoms with Crippen LogP contribution in [0.3, 0.4) is 0 Å². The van der Waals surface area contributed by atoms with E-state index in [1.165, 1.54) is 19.2 Å². The van der Waals surface area contributed by atoms with E-state index in [9.17, 15) is 9.50 Å². The van der Waals surface area contributed by atoms with Crippen LogP contribution in [0, 0.1) is 5.82 Å². The molecule has 1 N–H and O–H groups in total. The average Bonchev–Trinajstić information content (AvgIpc) is 2.27. The lowest BCUT2D eigenvalue weighted by atomic mass is 9.88. The van der Waals surface area contributed by atoms with Gasteiger partial charge in [-0.15, -0.1) is 0 Å². The summed E-state index contributed by atoms with van der Waals surface area (Å²) in [6.07, 6.45) is 1.15. The lowest BCUT2D eigenvalue weighted by molar-refractivity contribution is 0.0260. The smallest absolute Gasteiger partial charge is 0.127 e. The van der Waals surface area contributed by atoms with Crippen molar-refractivity contribution in [2.45, 2.75) is 32.3 Å². The molecule has 0 unspecified atom stereocenters. The van der Waals surface area contributed by atoms with Gasteiger partial charge in [-0.3, -0.25) is 0 Å². The highest BCUT2D eigenvalue weighted by atomic mass is 19.1. The van der Waals surface area contributed by atoms with Crippen molar-refractivity contribution in [3.8, 4) is 5.75 Å². The molecule has 2 nitrogen and oxygen atoms in total. The summed E-state index contributed by atoms with van der Waals surface area (Å²) in [6, 6.07) is 4.22. The minimum Gasteiger partial charge on any atom is -0.496 e. The summed E-state index contributed by atoms with van der Waals surface area (Å²) in [6.45, 7) is 3.79. The molecular formula is C12H17FO2. The number of ether oxygens (including phenoxy) is 1. The second-order valence-electron chi connectivity index (χ2n) is 3.58. The van der Waals surface area contributed by atoms with Crippen LogP contribution >= 0.6 is 0 Å². The van der Waals surface area contributed by atoms with Gasteiger partial charge in [0.1, 0.15) is 11.6 Å². The largest absolute Gasteiger partial charge is 0.496 e. The van der Waals surface area contributed by atoms with Crippen LogP contribution in [0.5, 0.6) is 5.75 Å². The third-order valence-electron chi connectivity index (χ3n) is 2.83. The van der Waals surface area contributed by atoms with Gasteiger partial charge >= 0.3 is 0 Å². The Morgan fingerprint density at radius 3 is 2.40 bits per heavy atom.